The van der Waals surface area contributed by atoms with E-state index in [1.54, 1.807) is 13.0 Å². The zero-order valence-electron chi connectivity index (χ0n) is 9.77. The third kappa shape index (κ3) is 2.66. The van der Waals surface area contributed by atoms with E-state index in [0.29, 0.717) is 5.02 Å². The van der Waals surface area contributed by atoms with E-state index in [1.165, 1.54) is 29.8 Å². The van der Waals surface area contributed by atoms with Gasteiger partial charge in [0.25, 0.3) is 10.0 Å². The maximum Gasteiger partial charge on any atom is 0.263 e. The van der Waals surface area contributed by atoms with Gasteiger partial charge in [0.05, 0.1) is 16.9 Å². The molecule has 96 valence electrons. The van der Waals surface area contributed by atoms with Gasteiger partial charge in [0.1, 0.15) is 4.90 Å². The van der Waals surface area contributed by atoms with E-state index in [4.69, 9.17) is 11.6 Å². The third-order valence-corrected chi connectivity index (χ3v) is 5.21. The summed E-state index contributed by atoms with van der Waals surface area (Å²) in [5, 5.41) is 0.318. The topological polar surface area (TPSA) is 59.1 Å². The standard InChI is InChI=1S/C11H11ClN2O2S2/c1-7-5-11(8(2)17-7)18(15,16)14-10-6-13-4-3-9(10)12/h3-6,14H,1-2H3. The number of sulfonamides is 1. The summed E-state index contributed by atoms with van der Waals surface area (Å²) in [6.07, 6.45) is 2.88. The first-order valence-corrected chi connectivity index (χ1v) is 7.77. The highest BCUT2D eigenvalue weighted by Crippen LogP contribution is 2.28. The van der Waals surface area contributed by atoms with Crippen molar-refractivity contribution in [3.63, 3.8) is 0 Å². The van der Waals surface area contributed by atoms with Crippen molar-refractivity contribution in [2.24, 2.45) is 0 Å². The fraction of sp³-hybridized carbons (Fsp3) is 0.182. The molecule has 0 unspecified atom stereocenters. The van der Waals surface area contributed by atoms with Crippen LogP contribution in [0.25, 0.3) is 0 Å². The number of nitrogens with zero attached hydrogens (tertiary/aromatic N) is 1. The summed E-state index contributed by atoms with van der Waals surface area (Å²) in [5.41, 5.74) is 0.280. The van der Waals surface area contributed by atoms with Crippen LogP contribution in [0.3, 0.4) is 0 Å². The van der Waals surface area contributed by atoms with Crippen molar-refractivity contribution >= 4 is 38.6 Å². The maximum absolute atomic E-state index is 12.2. The Hall–Kier alpha value is -1.11. The Morgan fingerprint density at radius 1 is 1.39 bits per heavy atom. The van der Waals surface area contributed by atoms with Gasteiger partial charge >= 0.3 is 0 Å². The maximum atomic E-state index is 12.2. The second-order valence-corrected chi connectivity index (χ2v) is 7.26. The van der Waals surface area contributed by atoms with E-state index in [9.17, 15) is 8.42 Å². The Labute approximate surface area is 115 Å². The predicted molar refractivity (Wildman–Crippen MR) is 73.8 cm³/mol. The van der Waals surface area contributed by atoms with Crippen LogP contribution in [0, 0.1) is 13.8 Å². The highest BCUT2D eigenvalue weighted by atomic mass is 35.5. The van der Waals surface area contributed by atoms with Gasteiger partial charge in [-0.2, -0.15) is 0 Å². The highest BCUT2D eigenvalue weighted by Gasteiger charge is 2.20. The number of anilines is 1. The van der Waals surface area contributed by atoms with Gasteiger partial charge in [-0.05, 0) is 26.0 Å². The minimum atomic E-state index is -3.61. The Kier molecular flexibility index (Phi) is 3.61. The first-order chi connectivity index (χ1) is 8.40. The number of hydrogen-bond acceptors (Lipinski definition) is 4. The lowest BCUT2D eigenvalue weighted by atomic mass is 10.4. The monoisotopic (exact) mass is 302 g/mol. The van der Waals surface area contributed by atoms with E-state index in [2.05, 4.69) is 9.71 Å². The van der Waals surface area contributed by atoms with Crippen molar-refractivity contribution in [2.45, 2.75) is 18.7 Å². The molecule has 0 aromatic carbocycles. The van der Waals surface area contributed by atoms with Gasteiger partial charge in [0, 0.05) is 16.0 Å². The molecule has 0 aliphatic carbocycles. The zero-order valence-corrected chi connectivity index (χ0v) is 12.2. The van der Waals surface area contributed by atoms with Crippen LogP contribution in [-0.2, 0) is 10.0 Å². The molecular weight excluding hydrogens is 292 g/mol. The van der Waals surface area contributed by atoms with E-state index in [0.717, 1.165) is 9.75 Å². The Morgan fingerprint density at radius 2 is 2.11 bits per heavy atom. The first kappa shape index (κ1) is 13.3. The minimum absolute atomic E-state index is 0.280. The number of rotatable bonds is 3. The van der Waals surface area contributed by atoms with Gasteiger partial charge in [-0.25, -0.2) is 8.42 Å². The molecule has 18 heavy (non-hydrogen) atoms. The van der Waals surface area contributed by atoms with Crippen LogP contribution in [0.2, 0.25) is 5.02 Å². The van der Waals surface area contributed by atoms with Crippen molar-refractivity contribution in [3.05, 3.63) is 39.3 Å². The number of aromatic nitrogens is 1. The summed E-state index contributed by atoms with van der Waals surface area (Å²) in [6, 6.07) is 3.18. The van der Waals surface area contributed by atoms with Gasteiger partial charge in [-0.1, -0.05) is 11.6 Å². The smallest absolute Gasteiger partial charge is 0.263 e. The van der Waals surface area contributed by atoms with E-state index in [-0.39, 0.29) is 10.6 Å². The molecule has 0 bridgehead atoms. The molecule has 1 N–H and O–H groups in total. The van der Waals surface area contributed by atoms with Crippen LogP contribution < -0.4 is 4.72 Å². The molecular formula is C11H11ClN2O2S2. The molecule has 0 fully saturated rings. The summed E-state index contributed by atoms with van der Waals surface area (Å²) in [4.78, 5) is 5.82. The van der Waals surface area contributed by atoms with Crippen LogP contribution >= 0.6 is 22.9 Å². The Balaban J connectivity index is 2.40. The van der Waals surface area contributed by atoms with E-state index in [1.807, 2.05) is 6.92 Å². The predicted octanol–water partition coefficient (Wildman–Crippen LogP) is 3.21. The molecule has 0 saturated carbocycles. The lowest BCUT2D eigenvalue weighted by molar-refractivity contribution is 0.601. The van der Waals surface area contributed by atoms with Gasteiger partial charge in [-0.3, -0.25) is 9.71 Å². The molecule has 0 aliphatic rings. The quantitative estimate of drug-likeness (QED) is 0.947. The van der Waals surface area contributed by atoms with Gasteiger partial charge in [0.2, 0.25) is 0 Å². The van der Waals surface area contributed by atoms with Gasteiger partial charge < -0.3 is 0 Å². The van der Waals surface area contributed by atoms with E-state index >= 15 is 0 Å². The molecule has 0 spiro atoms. The molecule has 7 heteroatoms. The van der Waals surface area contributed by atoms with Crippen molar-refractivity contribution in [1.82, 2.24) is 4.98 Å². The normalized spacial score (nSPS) is 11.5. The zero-order chi connectivity index (χ0) is 13.3. The van der Waals surface area contributed by atoms with Crippen molar-refractivity contribution < 1.29 is 8.42 Å². The average Bonchev–Trinajstić information content (AvgIpc) is 2.62. The summed E-state index contributed by atoms with van der Waals surface area (Å²) in [5.74, 6) is 0. The lowest BCUT2D eigenvalue weighted by Crippen LogP contribution is -2.13. The molecule has 2 aromatic rings. The minimum Gasteiger partial charge on any atom is -0.277 e. The number of hydrogen-bond donors (Lipinski definition) is 1. The molecule has 4 nitrogen and oxygen atoms in total. The molecule has 2 heterocycles. The average molecular weight is 303 g/mol. The largest absolute Gasteiger partial charge is 0.277 e. The third-order valence-electron chi connectivity index (χ3n) is 2.30. The number of nitrogens with one attached hydrogen (secondary N) is 1. The number of pyridine rings is 1. The number of aryl methyl sites for hydroxylation is 2. The molecule has 0 amide bonds. The second-order valence-electron chi connectivity index (χ2n) is 3.74. The molecule has 0 aliphatic heterocycles. The van der Waals surface area contributed by atoms with Crippen molar-refractivity contribution in [1.29, 1.82) is 0 Å². The van der Waals surface area contributed by atoms with Crippen molar-refractivity contribution in [3.8, 4) is 0 Å². The van der Waals surface area contributed by atoms with Crippen LogP contribution in [0.1, 0.15) is 9.75 Å². The summed E-state index contributed by atoms with van der Waals surface area (Å²) in [7, 11) is -3.61. The van der Waals surface area contributed by atoms with Gasteiger partial charge in [-0.15, -0.1) is 11.3 Å². The Bertz CT molecular complexity index is 680. The fourth-order valence-electron chi connectivity index (χ4n) is 1.53. The molecule has 2 aromatic heterocycles. The number of halogens is 1. The molecule has 2 rings (SSSR count). The summed E-state index contributed by atoms with van der Waals surface area (Å²) >= 11 is 7.34. The number of thiophene rings is 1. The Morgan fingerprint density at radius 3 is 2.67 bits per heavy atom. The highest BCUT2D eigenvalue weighted by molar-refractivity contribution is 7.93. The lowest BCUT2D eigenvalue weighted by Gasteiger charge is -2.08. The molecule has 0 saturated heterocycles. The molecule has 0 atom stereocenters. The fourth-order valence-corrected chi connectivity index (χ4v) is 4.36. The SMILES string of the molecule is Cc1cc(S(=O)(=O)Nc2cnccc2Cl)c(C)s1. The van der Waals surface area contributed by atoms with Crippen LogP contribution in [0.4, 0.5) is 5.69 Å². The van der Waals surface area contributed by atoms with E-state index < -0.39 is 10.0 Å². The summed E-state index contributed by atoms with van der Waals surface area (Å²) in [6.45, 7) is 3.64. The molecule has 0 radical (unpaired) electrons. The second kappa shape index (κ2) is 4.87. The van der Waals surface area contributed by atoms with Crippen LogP contribution in [0.5, 0.6) is 0 Å². The van der Waals surface area contributed by atoms with Gasteiger partial charge in [0.15, 0.2) is 0 Å². The van der Waals surface area contributed by atoms with Crippen molar-refractivity contribution in [2.75, 3.05) is 4.72 Å². The van der Waals surface area contributed by atoms with Crippen LogP contribution in [0.15, 0.2) is 29.4 Å². The first-order valence-electron chi connectivity index (χ1n) is 5.09. The summed E-state index contributed by atoms with van der Waals surface area (Å²) < 4.78 is 26.8. The van der Waals surface area contributed by atoms with Crippen LogP contribution in [-0.4, -0.2) is 13.4 Å².